The van der Waals surface area contributed by atoms with Crippen molar-refractivity contribution >= 4 is 11.6 Å². The molecule has 0 aromatic heterocycles. The predicted octanol–water partition coefficient (Wildman–Crippen LogP) is 2.93. The fourth-order valence-corrected chi connectivity index (χ4v) is 1.48. The molecule has 1 rings (SSSR count). The van der Waals surface area contributed by atoms with Gasteiger partial charge in [0.2, 0.25) is 0 Å². The average Bonchev–Trinajstić information content (AvgIpc) is 2.17. The first-order chi connectivity index (χ1) is 6.51. The second-order valence-corrected chi connectivity index (χ2v) is 4.03. The van der Waals surface area contributed by atoms with Crippen molar-refractivity contribution in [1.82, 2.24) is 0 Å². The molecule has 0 fully saturated rings. The molecule has 1 aromatic carbocycles. The highest BCUT2D eigenvalue weighted by molar-refractivity contribution is 6.32. The number of hydrogen-bond acceptors (Lipinski definition) is 2. The Bertz CT molecular complexity index is 323. The lowest BCUT2D eigenvalue weighted by atomic mass is 9.91. The van der Waals surface area contributed by atoms with Crippen LogP contribution in [0.25, 0.3) is 0 Å². The molecule has 78 valence electrons. The molecule has 0 bridgehead atoms. The van der Waals surface area contributed by atoms with E-state index >= 15 is 0 Å². The molecule has 0 aliphatic heterocycles. The van der Waals surface area contributed by atoms with Crippen LogP contribution in [0.5, 0.6) is 5.75 Å². The van der Waals surface area contributed by atoms with E-state index in [2.05, 4.69) is 6.92 Å². The van der Waals surface area contributed by atoms with Crippen LogP contribution in [0.1, 0.15) is 25.8 Å². The van der Waals surface area contributed by atoms with Gasteiger partial charge in [-0.05, 0) is 31.0 Å². The lowest BCUT2D eigenvalue weighted by Gasteiger charge is -2.23. The van der Waals surface area contributed by atoms with Gasteiger partial charge in [-0.15, -0.1) is 0 Å². The molecule has 0 spiro atoms. The molecule has 14 heavy (non-hydrogen) atoms. The van der Waals surface area contributed by atoms with Crippen molar-refractivity contribution < 1.29 is 4.74 Å². The van der Waals surface area contributed by atoms with Gasteiger partial charge in [-0.2, -0.15) is 0 Å². The molecule has 2 N–H and O–H groups in total. The maximum Gasteiger partial charge on any atom is 0.137 e. The molecule has 1 atom stereocenters. The van der Waals surface area contributed by atoms with Crippen LogP contribution in [-0.2, 0) is 5.54 Å². The van der Waals surface area contributed by atoms with E-state index in [1.54, 1.807) is 7.11 Å². The Morgan fingerprint density at radius 2 is 2.14 bits per heavy atom. The normalized spacial score (nSPS) is 14.9. The van der Waals surface area contributed by atoms with Gasteiger partial charge in [0, 0.05) is 5.54 Å². The highest BCUT2D eigenvalue weighted by Crippen LogP contribution is 2.30. The van der Waals surface area contributed by atoms with Gasteiger partial charge >= 0.3 is 0 Å². The summed E-state index contributed by atoms with van der Waals surface area (Å²) in [6.45, 7) is 4.04. The third-order valence-corrected chi connectivity index (χ3v) is 2.84. The Balaban J connectivity index is 3.08. The van der Waals surface area contributed by atoms with Crippen molar-refractivity contribution in [2.75, 3.05) is 7.11 Å². The number of halogens is 1. The molecule has 0 amide bonds. The summed E-state index contributed by atoms with van der Waals surface area (Å²) >= 11 is 6.01. The minimum Gasteiger partial charge on any atom is -0.495 e. The summed E-state index contributed by atoms with van der Waals surface area (Å²) < 4.78 is 5.07. The van der Waals surface area contributed by atoms with Crippen LogP contribution in [0, 0.1) is 0 Å². The second kappa shape index (κ2) is 4.20. The van der Waals surface area contributed by atoms with Gasteiger partial charge in [-0.1, -0.05) is 24.6 Å². The minimum absolute atomic E-state index is 0.324. The van der Waals surface area contributed by atoms with E-state index in [0.717, 1.165) is 12.0 Å². The molecule has 0 radical (unpaired) electrons. The van der Waals surface area contributed by atoms with Crippen molar-refractivity contribution in [3.05, 3.63) is 28.8 Å². The molecular formula is C11H16ClNO. The lowest BCUT2D eigenvalue weighted by Crippen LogP contribution is -2.31. The van der Waals surface area contributed by atoms with E-state index in [1.807, 2.05) is 25.1 Å². The topological polar surface area (TPSA) is 35.2 Å². The number of benzene rings is 1. The predicted molar refractivity (Wildman–Crippen MR) is 59.8 cm³/mol. The van der Waals surface area contributed by atoms with Crippen LogP contribution < -0.4 is 10.5 Å². The van der Waals surface area contributed by atoms with E-state index in [4.69, 9.17) is 22.1 Å². The highest BCUT2D eigenvalue weighted by Gasteiger charge is 2.19. The number of rotatable bonds is 3. The summed E-state index contributed by atoms with van der Waals surface area (Å²) in [4.78, 5) is 0. The Labute approximate surface area is 90.0 Å². The Kier molecular flexibility index (Phi) is 3.40. The molecule has 0 unspecified atom stereocenters. The van der Waals surface area contributed by atoms with E-state index in [0.29, 0.717) is 10.8 Å². The summed E-state index contributed by atoms with van der Waals surface area (Å²) in [7, 11) is 1.60. The standard InChI is InChI=1S/C11H16ClNO/c1-4-11(2,13)8-5-6-10(14-3)9(12)7-8/h5-7H,4,13H2,1-3H3/t11-/m1/s1. The molecule has 0 saturated heterocycles. The third-order valence-electron chi connectivity index (χ3n) is 2.55. The second-order valence-electron chi connectivity index (χ2n) is 3.62. The zero-order chi connectivity index (χ0) is 10.8. The van der Waals surface area contributed by atoms with Gasteiger partial charge in [0.1, 0.15) is 5.75 Å². The first-order valence-corrected chi connectivity index (χ1v) is 5.02. The highest BCUT2D eigenvalue weighted by atomic mass is 35.5. The average molecular weight is 214 g/mol. The summed E-state index contributed by atoms with van der Waals surface area (Å²) in [6.07, 6.45) is 0.871. The van der Waals surface area contributed by atoms with Gasteiger partial charge in [0.25, 0.3) is 0 Å². The maximum absolute atomic E-state index is 6.10. The smallest absolute Gasteiger partial charge is 0.137 e. The largest absolute Gasteiger partial charge is 0.495 e. The molecule has 0 aliphatic carbocycles. The molecule has 1 aromatic rings. The quantitative estimate of drug-likeness (QED) is 0.838. The Morgan fingerprint density at radius 1 is 1.50 bits per heavy atom. The fourth-order valence-electron chi connectivity index (χ4n) is 1.23. The molecular weight excluding hydrogens is 198 g/mol. The number of hydrogen-bond donors (Lipinski definition) is 1. The minimum atomic E-state index is -0.324. The van der Waals surface area contributed by atoms with Crippen molar-refractivity contribution in [1.29, 1.82) is 0 Å². The van der Waals surface area contributed by atoms with Crippen LogP contribution in [-0.4, -0.2) is 7.11 Å². The molecule has 0 heterocycles. The van der Waals surface area contributed by atoms with Crippen LogP contribution in [0.3, 0.4) is 0 Å². The lowest BCUT2D eigenvalue weighted by molar-refractivity contribution is 0.413. The zero-order valence-electron chi connectivity index (χ0n) is 8.80. The zero-order valence-corrected chi connectivity index (χ0v) is 9.56. The van der Waals surface area contributed by atoms with Crippen LogP contribution >= 0.6 is 11.6 Å². The van der Waals surface area contributed by atoms with Crippen LogP contribution in [0.2, 0.25) is 5.02 Å². The number of methoxy groups -OCH3 is 1. The number of ether oxygens (including phenoxy) is 1. The SMILES string of the molecule is CC[C@@](C)(N)c1ccc(OC)c(Cl)c1. The summed E-state index contributed by atoms with van der Waals surface area (Å²) in [6, 6.07) is 5.66. The van der Waals surface area contributed by atoms with Gasteiger partial charge in [0.15, 0.2) is 0 Å². The Morgan fingerprint density at radius 3 is 2.57 bits per heavy atom. The first kappa shape index (κ1) is 11.3. The third kappa shape index (κ3) is 2.20. The first-order valence-electron chi connectivity index (χ1n) is 4.64. The van der Waals surface area contributed by atoms with E-state index in [9.17, 15) is 0 Å². The maximum atomic E-state index is 6.10. The molecule has 3 heteroatoms. The monoisotopic (exact) mass is 213 g/mol. The van der Waals surface area contributed by atoms with Gasteiger partial charge in [0.05, 0.1) is 12.1 Å². The molecule has 0 saturated carbocycles. The van der Waals surface area contributed by atoms with Gasteiger partial charge in [-0.3, -0.25) is 0 Å². The molecule has 2 nitrogen and oxygen atoms in total. The van der Waals surface area contributed by atoms with Crippen molar-refractivity contribution in [3.63, 3.8) is 0 Å². The van der Waals surface area contributed by atoms with Crippen molar-refractivity contribution in [2.45, 2.75) is 25.8 Å². The fraction of sp³-hybridized carbons (Fsp3) is 0.455. The van der Waals surface area contributed by atoms with Crippen molar-refractivity contribution in [2.24, 2.45) is 5.73 Å². The van der Waals surface area contributed by atoms with E-state index in [1.165, 1.54) is 0 Å². The van der Waals surface area contributed by atoms with Crippen LogP contribution in [0.4, 0.5) is 0 Å². The van der Waals surface area contributed by atoms with E-state index in [-0.39, 0.29) is 5.54 Å². The van der Waals surface area contributed by atoms with Gasteiger partial charge < -0.3 is 10.5 Å². The summed E-state index contributed by atoms with van der Waals surface area (Å²) in [5, 5.41) is 0.607. The summed E-state index contributed by atoms with van der Waals surface area (Å²) in [5.41, 5.74) is 6.81. The molecule has 0 aliphatic rings. The summed E-state index contributed by atoms with van der Waals surface area (Å²) in [5.74, 6) is 0.683. The van der Waals surface area contributed by atoms with Gasteiger partial charge in [-0.25, -0.2) is 0 Å². The van der Waals surface area contributed by atoms with Crippen LogP contribution in [0.15, 0.2) is 18.2 Å². The number of nitrogens with two attached hydrogens (primary N) is 1. The van der Waals surface area contributed by atoms with Crippen molar-refractivity contribution in [3.8, 4) is 5.75 Å². The van der Waals surface area contributed by atoms with E-state index < -0.39 is 0 Å². The Hall–Kier alpha value is -0.730.